The summed E-state index contributed by atoms with van der Waals surface area (Å²) in [6.45, 7) is 2.37. The van der Waals surface area contributed by atoms with E-state index in [4.69, 9.17) is 0 Å². The number of piperidine rings is 1. The van der Waals surface area contributed by atoms with Crippen LogP contribution in [-0.4, -0.2) is 18.3 Å². The predicted molar refractivity (Wildman–Crippen MR) is 74.8 cm³/mol. The summed E-state index contributed by atoms with van der Waals surface area (Å²) >= 11 is 2.12. The first kappa shape index (κ1) is 11.6. The maximum absolute atomic E-state index is 3.53. The Bertz CT molecular complexity index is 367. The topological polar surface area (TPSA) is 12.0 Å². The Morgan fingerprint density at radius 3 is 2.65 bits per heavy atom. The average molecular weight is 247 g/mol. The lowest BCUT2D eigenvalue weighted by Gasteiger charge is -2.29. The van der Waals surface area contributed by atoms with Crippen LogP contribution in [0.2, 0.25) is 0 Å². The molecular formula is C15H21NS. The van der Waals surface area contributed by atoms with Crippen LogP contribution in [0.1, 0.15) is 43.6 Å². The van der Waals surface area contributed by atoms with E-state index in [1.165, 1.54) is 45.2 Å². The van der Waals surface area contributed by atoms with Gasteiger partial charge in [-0.3, -0.25) is 0 Å². The van der Waals surface area contributed by atoms with Crippen molar-refractivity contribution in [1.82, 2.24) is 5.32 Å². The summed E-state index contributed by atoms with van der Waals surface area (Å²) in [5, 5.41) is 4.43. The van der Waals surface area contributed by atoms with Crippen LogP contribution < -0.4 is 5.32 Å². The molecule has 1 N–H and O–H groups in total. The third-order valence-corrected chi connectivity index (χ3v) is 5.43. The monoisotopic (exact) mass is 247 g/mol. The van der Waals surface area contributed by atoms with Crippen molar-refractivity contribution in [3.8, 4) is 0 Å². The highest BCUT2D eigenvalue weighted by Gasteiger charge is 2.22. The molecule has 3 rings (SSSR count). The molecule has 1 unspecified atom stereocenters. The van der Waals surface area contributed by atoms with Gasteiger partial charge in [-0.2, -0.15) is 0 Å². The SMILES string of the molecule is c1ccc(C2CCCNC2)c(SC2CCC2)c1. The van der Waals surface area contributed by atoms with E-state index in [0.29, 0.717) is 0 Å². The van der Waals surface area contributed by atoms with E-state index in [1.807, 2.05) is 0 Å². The van der Waals surface area contributed by atoms with Crippen molar-refractivity contribution >= 4 is 11.8 Å². The number of nitrogens with one attached hydrogen (secondary N) is 1. The van der Waals surface area contributed by atoms with Crippen molar-refractivity contribution in [2.24, 2.45) is 0 Å². The first-order chi connectivity index (χ1) is 8.43. The molecule has 0 aromatic heterocycles. The van der Waals surface area contributed by atoms with Gasteiger partial charge >= 0.3 is 0 Å². The van der Waals surface area contributed by atoms with Gasteiger partial charge in [0.05, 0.1) is 0 Å². The summed E-state index contributed by atoms with van der Waals surface area (Å²) in [5.41, 5.74) is 1.59. The fourth-order valence-electron chi connectivity index (χ4n) is 2.71. The third kappa shape index (κ3) is 2.69. The largest absolute Gasteiger partial charge is 0.316 e. The number of thioether (sulfide) groups is 1. The van der Waals surface area contributed by atoms with Gasteiger partial charge in [0.15, 0.2) is 0 Å². The second kappa shape index (κ2) is 5.45. The fraction of sp³-hybridized carbons (Fsp3) is 0.600. The molecule has 0 radical (unpaired) electrons. The standard InChI is InChI=1S/C15H21NS/c1-2-9-15(17-13-6-3-7-13)14(8-1)12-5-4-10-16-11-12/h1-2,8-9,12-13,16H,3-7,10-11H2. The van der Waals surface area contributed by atoms with Crippen LogP contribution in [0.5, 0.6) is 0 Å². The molecule has 2 heteroatoms. The highest BCUT2D eigenvalue weighted by molar-refractivity contribution is 8.00. The normalized spacial score (nSPS) is 25.5. The molecule has 2 aliphatic rings. The molecule has 0 amide bonds. The molecule has 2 fully saturated rings. The smallest absolute Gasteiger partial charge is 0.0110 e. The summed E-state index contributed by atoms with van der Waals surface area (Å²) in [5.74, 6) is 0.743. The van der Waals surface area contributed by atoms with E-state index in [9.17, 15) is 0 Å². The Hall–Kier alpha value is -0.470. The molecule has 92 valence electrons. The third-order valence-electron chi connectivity index (χ3n) is 4.00. The van der Waals surface area contributed by atoms with E-state index < -0.39 is 0 Å². The van der Waals surface area contributed by atoms with Crippen LogP contribution in [0.4, 0.5) is 0 Å². The average Bonchev–Trinajstić information content (AvgIpc) is 2.35. The molecular weight excluding hydrogens is 226 g/mol. The van der Waals surface area contributed by atoms with Crippen molar-refractivity contribution in [2.75, 3.05) is 13.1 Å². The summed E-state index contributed by atoms with van der Waals surface area (Å²) in [6.07, 6.45) is 6.96. The predicted octanol–water partition coefficient (Wildman–Crippen LogP) is 3.80. The first-order valence-electron chi connectivity index (χ1n) is 6.90. The molecule has 1 aromatic carbocycles. The van der Waals surface area contributed by atoms with Crippen molar-refractivity contribution in [3.05, 3.63) is 29.8 Å². The number of rotatable bonds is 3. The minimum atomic E-state index is 0.743. The number of benzene rings is 1. The molecule has 1 saturated heterocycles. The van der Waals surface area contributed by atoms with Crippen molar-refractivity contribution in [2.45, 2.75) is 48.2 Å². The van der Waals surface area contributed by atoms with Crippen LogP contribution in [0, 0.1) is 0 Å². The molecule has 0 bridgehead atoms. The molecule has 1 heterocycles. The van der Waals surface area contributed by atoms with Gasteiger partial charge < -0.3 is 5.32 Å². The van der Waals surface area contributed by atoms with E-state index in [1.54, 1.807) is 10.5 Å². The van der Waals surface area contributed by atoms with Gasteiger partial charge in [-0.05, 0) is 49.8 Å². The van der Waals surface area contributed by atoms with Gasteiger partial charge in [0.25, 0.3) is 0 Å². The van der Waals surface area contributed by atoms with Gasteiger partial charge in [-0.1, -0.05) is 24.6 Å². The summed E-state index contributed by atoms with van der Waals surface area (Å²) in [4.78, 5) is 1.55. The van der Waals surface area contributed by atoms with Crippen molar-refractivity contribution < 1.29 is 0 Å². The molecule has 0 spiro atoms. The van der Waals surface area contributed by atoms with Gasteiger partial charge in [-0.15, -0.1) is 11.8 Å². The zero-order valence-electron chi connectivity index (χ0n) is 10.3. The Morgan fingerprint density at radius 2 is 1.94 bits per heavy atom. The Balaban J connectivity index is 1.76. The lowest BCUT2D eigenvalue weighted by molar-refractivity contribution is 0.457. The van der Waals surface area contributed by atoms with Crippen LogP contribution in [0.15, 0.2) is 29.2 Å². The van der Waals surface area contributed by atoms with Crippen LogP contribution in [0.3, 0.4) is 0 Å². The molecule has 17 heavy (non-hydrogen) atoms. The Kier molecular flexibility index (Phi) is 3.72. The fourth-order valence-corrected chi connectivity index (χ4v) is 4.17. The van der Waals surface area contributed by atoms with Crippen LogP contribution in [-0.2, 0) is 0 Å². The van der Waals surface area contributed by atoms with E-state index in [-0.39, 0.29) is 0 Å². The summed E-state index contributed by atoms with van der Waals surface area (Å²) in [6, 6.07) is 9.07. The second-order valence-corrected chi connectivity index (χ2v) is 6.59. The molecule has 1 atom stereocenters. The van der Waals surface area contributed by atoms with Crippen LogP contribution >= 0.6 is 11.8 Å². The minimum Gasteiger partial charge on any atom is -0.316 e. The number of hydrogen-bond donors (Lipinski definition) is 1. The zero-order valence-corrected chi connectivity index (χ0v) is 11.1. The van der Waals surface area contributed by atoms with Gasteiger partial charge in [0, 0.05) is 16.7 Å². The minimum absolute atomic E-state index is 0.743. The lowest BCUT2D eigenvalue weighted by Crippen LogP contribution is -2.28. The van der Waals surface area contributed by atoms with Gasteiger partial charge in [-0.25, -0.2) is 0 Å². The molecule has 1 aromatic rings. The van der Waals surface area contributed by atoms with Gasteiger partial charge in [0.1, 0.15) is 0 Å². The number of hydrogen-bond acceptors (Lipinski definition) is 2. The van der Waals surface area contributed by atoms with E-state index in [0.717, 1.165) is 11.2 Å². The molecule has 1 nitrogen and oxygen atoms in total. The molecule has 1 aliphatic carbocycles. The van der Waals surface area contributed by atoms with Crippen molar-refractivity contribution in [3.63, 3.8) is 0 Å². The zero-order chi connectivity index (χ0) is 11.5. The van der Waals surface area contributed by atoms with Crippen LogP contribution in [0.25, 0.3) is 0 Å². The first-order valence-corrected chi connectivity index (χ1v) is 7.78. The summed E-state index contributed by atoms with van der Waals surface area (Å²) in [7, 11) is 0. The van der Waals surface area contributed by atoms with E-state index in [2.05, 4.69) is 41.3 Å². The summed E-state index contributed by atoms with van der Waals surface area (Å²) < 4.78 is 0. The highest BCUT2D eigenvalue weighted by Crippen LogP contribution is 2.40. The maximum Gasteiger partial charge on any atom is 0.0110 e. The van der Waals surface area contributed by atoms with Crippen molar-refractivity contribution in [1.29, 1.82) is 0 Å². The Morgan fingerprint density at radius 1 is 1.06 bits per heavy atom. The lowest BCUT2D eigenvalue weighted by atomic mass is 9.92. The quantitative estimate of drug-likeness (QED) is 0.872. The second-order valence-electron chi connectivity index (χ2n) is 5.25. The molecule has 1 aliphatic heterocycles. The Labute approximate surface area is 108 Å². The highest BCUT2D eigenvalue weighted by atomic mass is 32.2. The molecule has 1 saturated carbocycles. The van der Waals surface area contributed by atoms with E-state index >= 15 is 0 Å². The van der Waals surface area contributed by atoms with Gasteiger partial charge in [0.2, 0.25) is 0 Å². The maximum atomic E-state index is 3.53.